The zero-order chi connectivity index (χ0) is 13.8. The Labute approximate surface area is 113 Å². The van der Waals surface area contributed by atoms with Crippen LogP contribution in [0.25, 0.3) is 11.3 Å². The fourth-order valence-corrected chi connectivity index (χ4v) is 2.01. The summed E-state index contributed by atoms with van der Waals surface area (Å²) >= 11 is 0. The third-order valence-electron chi connectivity index (χ3n) is 2.97. The third-order valence-corrected chi connectivity index (χ3v) is 2.97. The van der Waals surface area contributed by atoms with Crippen molar-refractivity contribution in [2.45, 2.75) is 33.2 Å². The van der Waals surface area contributed by atoms with Gasteiger partial charge in [-0.05, 0) is 31.2 Å². The summed E-state index contributed by atoms with van der Waals surface area (Å²) in [5, 5.41) is 3.36. The van der Waals surface area contributed by atoms with Crippen LogP contribution < -0.4 is 5.32 Å². The van der Waals surface area contributed by atoms with Crippen LogP contribution in [0.3, 0.4) is 0 Å². The molecule has 0 aliphatic rings. The van der Waals surface area contributed by atoms with Crippen LogP contribution in [0.4, 0.5) is 4.39 Å². The largest absolute Gasteiger partial charge is 0.346 e. The fourth-order valence-electron chi connectivity index (χ4n) is 2.01. The number of nitrogens with one attached hydrogen (secondary N) is 2. The number of rotatable bonds is 5. The lowest BCUT2D eigenvalue weighted by atomic mass is 10.1. The second-order valence-electron chi connectivity index (χ2n) is 5.02. The average molecular weight is 261 g/mol. The van der Waals surface area contributed by atoms with E-state index in [0.717, 1.165) is 35.7 Å². The second-order valence-corrected chi connectivity index (χ2v) is 5.02. The Hall–Kier alpha value is -1.68. The van der Waals surface area contributed by atoms with Gasteiger partial charge in [0.15, 0.2) is 0 Å². The molecule has 3 nitrogen and oxygen atoms in total. The molecule has 0 radical (unpaired) electrons. The highest BCUT2D eigenvalue weighted by Crippen LogP contribution is 2.21. The summed E-state index contributed by atoms with van der Waals surface area (Å²) in [5.41, 5.74) is 2.86. The molecule has 0 spiro atoms. The molecule has 1 heterocycles. The van der Waals surface area contributed by atoms with Gasteiger partial charge in [-0.3, -0.25) is 0 Å². The zero-order valence-corrected chi connectivity index (χ0v) is 11.6. The van der Waals surface area contributed by atoms with Gasteiger partial charge in [-0.25, -0.2) is 9.37 Å². The van der Waals surface area contributed by atoms with E-state index in [1.807, 2.05) is 6.92 Å². The molecule has 1 aromatic carbocycles. The molecule has 0 aliphatic heterocycles. The van der Waals surface area contributed by atoms with E-state index < -0.39 is 0 Å². The number of hydrogen-bond acceptors (Lipinski definition) is 2. The fraction of sp³-hybridized carbons (Fsp3) is 0.400. The van der Waals surface area contributed by atoms with Gasteiger partial charge in [0.1, 0.15) is 11.6 Å². The summed E-state index contributed by atoms with van der Waals surface area (Å²) in [6.07, 6.45) is 0.861. The molecule has 1 aromatic heterocycles. The van der Waals surface area contributed by atoms with E-state index in [1.165, 1.54) is 12.1 Å². The Kier molecular flexibility index (Phi) is 4.32. The van der Waals surface area contributed by atoms with Crippen LogP contribution in [-0.2, 0) is 6.42 Å². The highest BCUT2D eigenvalue weighted by atomic mass is 19.1. The van der Waals surface area contributed by atoms with Gasteiger partial charge in [-0.1, -0.05) is 13.8 Å². The van der Waals surface area contributed by atoms with E-state index in [4.69, 9.17) is 0 Å². The van der Waals surface area contributed by atoms with Crippen LogP contribution >= 0.6 is 0 Å². The highest BCUT2D eigenvalue weighted by molar-refractivity contribution is 5.61. The molecule has 0 saturated heterocycles. The number of H-pyrrole nitrogens is 1. The van der Waals surface area contributed by atoms with E-state index in [1.54, 1.807) is 12.1 Å². The number of nitrogens with zero attached hydrogens (tertiary/aromatic N) is 1. The van der Waals surface area contributed by atoms with Crippen LogP contribution in [0.5, 0.6) is 0 Å². The van der Waals surface area contributed by atoms with Crippen molar-refractivity contribution in [3.05, 3.63) is 41.6 Å². The van der Waals surface area contributed by atoms with Gasteiger partial charge in [-0.2, -0.15) is 0 Å². The summed E-state index contributed by atoms with van der Waals surface area (Å²) in [7, 11) is 0. The normalized spacial score (nSPS) is 11.2. The van der Waals surface area contributed by atoms with Crippen molar-refractivity contribution in [3.63, 3.8) is 0 Å². The minimum Gasteiger partial charge on any atom is -0.346 e. The molecule has 102 valence electrons. The maximum Gasteiger partial charge on any atom is 0.123 e. The number of aromatic amines is 1. The zero-order valence-electron chi connectivity index (χ0n) is 11.6. The van der Waals surface area contributed by atoms with Gasteiger partial charge in [-0.15, -0.1) is 0 Å². The van der Waals surface area contributed by atoms with Crippen molar-refractivity contribution in [2.75, 3.05) is 6.54 Å². The minimum absolute atomic E-state index is 0.224. The average Bonchev–Trinajstić information content (AvgIpc) is 2.71. The smallest absolute Gasteiger partial charge is 0.123 e. The van der Waals surface area contributed by atoms with Crippen molar-refractivity contribution in [1.29, 1.82) is 0 Å². The number of aromatic nitrogens is 2. The molecule has 0 bridgehead atoms. The summed E-state index contributed by atoms with van der Waals surface area (Å²) in [4.78, 5) is 7.88. The first-order valence-corrected chi connectivity index (χ1v) is 6.61. The van der Waals surface area contributed by atoms with Crippen LogP contribution in [0.15, 0.2) is 24.3 Å². The number of benzene rings is 1. The minimum atomic E-state index is -0.224. The molecule has 0 unspecified atom stereocenters. The van der Waals surface area contributed by atoms with Crippen molar-refractivity contribution in [2.24, 2.45) is 0 Å². The van der Waals surface area contributed by atoms with E-state index in [2.05, 4.69) is 29.1 Å². The van der Waals surface area contributed by atoms with Crippen LogP contribution in [0.2, 0.25) is 0 Å². The van der Waals surface area contributed by atoms with Crippen molar-refractivity contribution < 1.29 is 4.39 Å². The molecule has 0 atom stereocenters. The predicted octanol–water partition coefficient (Wildman–Crippen LogP) is 3.06. The first kappa shape index (κ1) is 13.7. The topological polar surface area (TPSA) is 40.7 Å². The first-order valence-electron chi connectivity index (χ1n) is 6.61. The third kappa shape index (κ3) is 3.64. The summed E-state index contributed by atoms with van der Waals surface area (Å²) in [6.45, 7) is 7.13. The molecule has 0 aliphatic carbocycles. The number of halogens is 1. The molecule has 2 N–H and O–H groups in total. The second kappa shape index (κ2) is 5.97. The standard InChI is InChI=1S/C15H20FN3/c1-10(2)17-9-8-14-18-11(3)15(19-14)12-4-6-13(16)7-5-12/h4-7,10,17H,8-9H2,1-3H3,(H,18,19). The maximum absolute atomic E-state index is 12.9. The molecular formula is C15H20FN3. The Balaban J connectivity index is 2.10. The quantitative estimate of drug-likeness (QED) is 0.868. The molecule has 4 heteroatoms. The number of aryl methyl sites for hydroxylation is 1. The van der Waals surface area contributed by atoms with E-state index >= 15 is 0 Å². The lowest BCUT2D eigenvalue weighted by molar-refractivity contribution is 0.584. The Morgan fingerprint density at radius 3 is 2.58 bits per heavy atom. The van der Waals surface area contributed by atoms with Crippen LogP contribution in [-0.4, -0.2) is 22.6 Å². The Bertz CT molecular complexity index is 529. The summed E-state index contributed by atoms with van der Waals surface area (Å²) in [5.74, 6) is 0.739. The van der Waals surface area contributed by atoms with Crippen LogP contribution in [0.1, 0.15) is 25.4 Å². The van der Waals surface area contributed by atoms with E-state index in [9.17, 15) is 4.39 Å². The number of imidazole rings is 1. The SMILES string of the molecule is Cc1[nH]c(CCNC(C)C)nc1-c1ccc(F)cc1. The Morgan fingerprint density at radius 1 is 1.26 bits per heavy atom. The molecule has 0 amide bonds. The summed E-state index contributed by atoms with van der Waals surface area (Å²) in [6, 6.07) is 6.92. The van der Waals surface area contributed by atoms with Gasteiger partial charge in [0.25, 0.3) is 0 Å². The lowest BCUT2D eigenvalue weighted by Gasteiger charge is -2.05. The van der Waals surface area contributed by atoms with E-state index in [-0.39, 0.29) is 5.82 Å². The van der Waals surface area contributed by atoms with Gasteiger partial charge in [0, 0.05) is 30.3 Å². The lowest BCUT2D eigenvalue weighted by Crippen LogP contribution is -2.25. The molecule has 19 heavy (non-hydrogen) atoms. The van der Waals surface area contributed by atoms with Crippen molar-refractivity contribution in [1.82, 2.24) is 15.3 Å². The number of hydrogen-bond donors (Lipinski definition) is 2. The summed E-state index contributed by atoms with van der Waals surface area (Å²) < 4.78 is 12.9. The van der Waals surface area contributed by atoms with Crippen molar-refractivity contribution >= 4 is 0 Å². The maximum atomic E-state index is 12.9. The van der Waals surface area contributed by atoms with Gasteiger partial charge < -0.3 is 10.3 Å². The van der Waals surface area contributed by atoms with Gasteiger partial charge in [0.05, 0.1) is 5.69 Å². The Morgan fingerprint density at radius 2 is 1.95 bits per heavy atom. The molecule has 2 rings (SSSR count). The molecule has 0 saturated carbocycles. The van der Waals surface area contributed by atoms with Gasteiger partial charge >= 0.3 is 0 Å². The molecule has 2 aromatic rings. The predicted molar refractivity (Wildman–Crippen MR) is 75.6 cm³/mol. The van der Waals surface area contributed by atoms with Crippen molar-refractivity contribution in [3.8, 4) is 11.3 Å². The molecular weight excluding hydrogens is 241 g/mol. The first-order chi connectivity index (χ1) is 9.06. The van der Waals surface area contributed by atoms with E-state index in [0.29, 0.717) is 6.04 Å². The van der Waals surface area contributed by atoms with Gasteiger partial charge in [0.2, 0.25) is 0 Å². The highest BCUT2D eigenvalue weighted by Gasteiger charge is 2.09. The molecule has 0 fully saturated rings. The van der Waals surface area contributed by atoms with Crippen LogP contribution in [0, 0.1) is 12.7 Å². The monoisotopic (exact) mass is 261 g/mol.